The maximum Gasteiger partial charge on any atom is 0.325 e. The topological polar surface area (TPSA) is 47.6 Å². The number of rotatable bonds is 7. The van der Waals surface area contributed by atoms with Gasteiger partial charge in [-0.3, -0.25) is 4.79 Å². The van der Waals surface area contributed by atoms with Crippen molar-refractivity contribution in [2.45, 2.75) is 45.3 Å². The number of carbonyl (C=O) groups excluding carboxylic acids is 1. The lowest BCUT2D eigenvalue weighted by atomic mass is 9.95. The fourth-order valence-corrected chi connectivity index (χ4v) is 2.17. The van der Waals surface area contributed by atoms with Crippen molar-refractivity contribution in [1.29, 1.82) is 0 Å². The molecule has 0 aliphatic rings. The number of hydrogen-bond donors (Lipinski definition) is 1. The Bertz CT molecular complexity index is 430. The first-order valence-electron chi connectivity index (χ1n) is 6.98. The van der Waals surface area contributed by atoms with Crippen molar-refractivity contribution in [2.75, 3.05) is 14.2 Å². The Morgan fingerprint density at radius 2 is 1.95 bits per heavy atom. The summed E-state index contributed by atoms with van der Waals surface area (Å²) >= 11 is 0. The summed E-state index contributed by atoms with van der Waals surface area (Å²) in [6, 6.07) is 8.04. The lowest BCUT2D eigenvalue weighted by molar-refractivity contribution is -0.148. The second kappa shape index (κ2) is 7.29. The lowest BCUT2D eigenvalue weighted by Crippen LogP contribution is -2.50. The van der Waals surface area contributed by atoms with Crippen molar-refractivity contribution in [3.63, 3.8) is 0 Å². The SMILES string of the molecule is CCc1ccc(OC(C)CC(C)(NC)C(=O)OC)cc1. The van der Waals surface area contributed by atoms with Gasteiger partial charge in [-0.25, -0.2) is 0 Å². The molecule has 0 aromatic heterocycles. The first-order chi connectivity index (χ1) is 9.45. The van der Waals surface area contributed by atoms with Crippen LogP contribution in [0.25, 0.3) is 0 Å². The summed E-state index contributed by atoms with van der Waals surface area (Å²) in [5.74, 6) is 0.537. The highest BCUT2D eigenvalue weighted by atomic mass is 16.5. The van der Waals surface area contributed by atoms with E-state index >= 15 is 0 Å². The van der Waals surface area contributed by atoms with Crippen molar-refractivity contribution in [3.8, 4) is 5.75 Å². The number of methoxy groups -OCH3 is 1. The average molecular weight is 279 g/mol. The van der Waals surface area contributed by atoms with Crippen LogP contribution in [0.15, 0.2) is 24.3 Å². The molecule has 0 saturated carbocycles. The molecule has 1 rings (SSSR count). The molecule has 0 amide bonds. The average Bonchev–Trinajstić information content (AvgIpc) is 2.46. The molecule has 4 nitrogen and oxygen atoms in total. The minimum absolute atomic E-state index is 0.0981. The number of benzene rings is 1. The van der Waals surface area contributed by atoms with Crippen LogP contribution < -0.4 is 10.1 Å². The highest BCUT2D eigenvalue weighted by Crippen LogP contribution is 2.20. The summed E-state index contributed by atoms with van der Waals surface area (Å²) in [5, 5.41) is 3.01. The second-order valence-electron chi connectivity index (χ2n) is 5.20. The van der Waals surface area contributed by atoms with Crippen LogP contribution in [0.1, 0.15) is 32.8 Å². The third-order valence-corrected chi connectivity index (χ3v) is 3.55. The maximum absolute atomic E-state index is 11.8. The van der Waals surface area contributed by atoms with Crippen LogP contribution in [0.3, 0.4) is 0 Å². The fourth-order valence-electron chi connectivity index (χ4n) is 2.17. The summed E-state index contributed by atoms with van der Waals surface area (Å²) in [4.78, 5) is 11.8. The molecule has 0 aliphatic carbocycles. The van der Waals surface area contributed by atoms with E-state index in [-0.39, 0.29) is 12.1 Å². The zero-order chi connectivity index (χ0) is 15.2. The monoisotopic (exact) mass is 279 g/mol. The number of carbonyl (C=O) groups is 1. The highest BCUT2D eigenvalue weighted by molar-refractivity contribution is 5.80. The Morgan fingerprint density at radius 3 is 2.40 bits per heavy atom. The van der Waals surface area contributed by atoms with E-state index in [1.165, 1.54) is 12.7 Å². The molecular formula is C16H25NO3. The van der Waals surface area contributed by atoms with Crippen LogP contribution in [0.4, 0.5) is 0 Å². The van der Waals surface area contributed by atoms with Gasteiger partial charge in [-0.2, -0.15) is 0 Å². The van der Waals surface area contributed by atoms with Crippen molar-refractivity contribution in [1.82, 2.24) is 5.32 Å². The number of nitrogens with one attached hydrogen (secondary N) is 1. The van der Waals surface area contributed by atoms with E-state index in [9.17, 15) is 4.79 Å². The Morgan fingerprint density at radius 1 is 1.35 bits per heavy atom. The molecule has 1 aromatic carbocycles. The number of likely N-dealkylation sites (N-methyl/N-ethyl adjacent to an activating group) is 1. The molecule has 0 bridgehead atoms. The summed E-state index contributed by atoms with van der Waals surface area (Å²) in [6.45, 7) is 5.89. The van der Waals surface area contributed by atoms with E-state index in [0.29, 0.717) is 6.42 Å². The van der Waals surface area contributed by atoms with E-state index in [4.69, 9.17) is 9.47 Å². The van der Waals surface area contributed by atoms with Gasteiger partial charge in [0.05, 0.1) is 13.2 Å². The van der Waals surface area contributed by atoms with Gasteiger partial charge in [-0.05, 0) is 45.0 Å². The van der Waals surface area contributed by atoms with Gasteiger partial charge in [0.1, 0.15) is 11.3 Å². The minimum atomic E-state index is -0.739. The normalized spacial score (nSPS) is 15.2. The summed E-state index contributed by atoms with van der Waals surface area (Å²) in [5.41, 5.74) is 0.539. The highest BCUT2D eigenvalue weighted by Gasteiger charge is 2.34. The van der Waals surface area contributed by atoms with Crippen LogP contribution in [-0.4, -0.2) is 31.8 Å². The minimum Gasteiger partial charge on any atom is -0.491 e. The number of hydrogen-bond acceptors (Lipinski definition) is 4. The smallest absolute Gasteiger partial charge is 0.325 e. The van der Waals surface area contributed by atoms with Crippen LogP contribution >= 0.6 is 0 Å². The van der Waals surface area contributed by atoms with Gasteiger partial charge in [-0.1, -0.05) is 19.1 Å². The quantitative estimate of drug-likeness (QED) is 0.779. The maximum atomic E-state index is 11.8. The number of aryl methyl sites for hydroxylation is 1. The van der Waals surface area contributed by atoms with Crippen LogP contribution in [0, 0.1) is 0 Å². The van der Waals surface area contributed by atoms with Gasteiger partial charge in [0.2, 0.25) is 0 Å². The molecule has 0 saturated heterocycles. The summed E-state index contributed by atoms with van der Waals surface area (Å²) in [7, 11) is 3.15. The van der Waals surface area contributed by atoms with Gasteiger partial charge in [0, 0.05) is 6.42 Å². The zero-order valence-corrected chi connectivity index (χ0v) is 13.0. The molecule has 0 aliphatic heterocycles. The first kappa shape index (κ1) is 16.5. The molecule has 2 unspecified atom stereocenters. The van der Waals surface area contributed by atoms with Gasteiger partial charge < -0.3 is 14.8 Å². The third kappa shape index (κ3) is 4.23. The van der Waals surface area contributed by atoms with Crippen molar-refractivity contribution >= 4 is 5.97 Å². The van der Waals surface area contributed by atoms with E-state index in [1.54, 1.807) is 7.05 Å². The predicted molar refractivity (Wildman–Crippen MR) is 80.0 cm³/mol. The molecule has 0 spiro atoms. The molecule has 112 valence electrons. The van der Waals surface area contributed by atoms with Crippen LogP contribution in [-0.2, 0) is 16.0 Å². The molecule has 2 atom stereocenters. The molecule has 0 radical (unpaired) electrons. The molecule has 0 heterocycles. The Hall–Kier alpha value is -1.55. The van der Waals surface area contributed by atoms with Crippen molar-refractivity contribution < 1.29 is 14.3 Å². The first-order valence-corrected chi connectivity index (χ1v) is 6.98. The number of ether oxygens (including phenoxy) is 2. The Labute approximate surface area is 121 Å². The van der Waals surface area contributed by atoms with E-state index < -0.39 is 5.54 Å². The summed E-state index contributed by atoms with van der Waals surface area (Å²) < 4.78 is 10.7. The lowest BCUT2D eigenvalue weighted by Gasteiger charge is -2.29. The fraction of sp³-hybridized carbons (Fsp3) is 0.562. The zero-order valence-electron chi connectivity index (χ0n) is 13.0. The molecule has 0 fully saturated rings. The molecule has 1 N–H and O–H groups in total. The largest absolute Gasteiger partial charge is 0.491 e. The molecule has 4 heteroatoms. The molecule has 20 heavy (non-hydrogen) atoms. The number of esters is 1. The standard InChI is InChI=1S/C16H25NO3/c1-6-13-7-9-14(10-8-13)20-12(2)11-16(3,17-4)15(18)19-5/h7-10,12,17H,6,11H2,1-5H3. The van der Waals surface area contributed by atoms with Gasteiger partial charge in [-0.15, -0.1) is 0 Å². The third-order valence-electron chi connectivity index (χ3n) is 3.55. The van der Waals surface area contributed by atoms with Gasteiger partial charge in [0.25, 0.3) is 0 Å². The Balaban J connectivity index is 2.65. The van der Waals surface area contributed by atoms with Crippen LogP contribution in [0.2, 0.25) is 0 Å². The van der Waals surface area contributed by atoms with Crippen molar-refractivity contribution in [3.05, 3.63) is 29.8 Å². The second-order valence-corrected chi connectivity index (χ2v) is 5.20. The Kier molecular flexibility index (Phi) is 6.02. The van der Waals surface area contributed by atoms with E-state index in [0.717, 1.165) is 12.2 Å². The van der Waals surface area contributed by atoms with E-state index in [1.807, 2.05) is 26.0 Å². The van der Waals surface area contributed by atoms with Crippen molar-refractivity contribution in [2.24, 2.45) is 0 Å². The van der Waals surface area contributed by atoms with E-state index in [2.05, 4.69) is 24.4 Å². The van der Waals surface area contributed by atoms with Gasteiger partial charge >= 0.3 is 5.97 Å². The van der Waals surface area contributed by atoms with Gasteiger partial charge in [0.15, 0.2) is 0 Å². The molecular weight excluding hydrogens is 254 g/mol. The molecule has 1 aromatic rings. The van der Waals surface area contributed by atoms with Crippen LogP contribution in [0.5, 0.6) is 5.75 Å². The summed E-state index contributed by atoms with van der Waals surface area (Å²) in [6.07, 6.45) is 1.45. The predicted octanol–water partition coefficient (Wildman–Crippen LogP) is 2.56.